The van der Waals surface area contributed by atoms with E-state index in [1.807, 2.05) is 31.2 Å². The van der Waals surface area contributed by atoms with Gasteiger partial charge in [0.15, 0.2) is 5.82 Å². The van der Waals surface area contributed by atoms with Crippen molar-refractivity contribution in [2.24, 2.45) is 0 Å². The second-order valence-corrected chi connectivity index (χ2v) is 3.55. The van der Waals surface area contributed by atoms with Crippen LogP contribution in [0.2, 0.25) is 5.28 Å². The third-order valence-corrected chi connectivity index (χ3v) is 2.22. The minimum absolute atomic E-state index is 0.0683. The van der Waals surface area contributed by atoms with Crippen molar-refractivity contribution in [2.75, 3.05) is 12.3 Å². The van der Waals surface area contributed by atoms with Gasteiger partial charge in [-0.1, -0.05) is 12.1 Å². The predicted octanol–water partition coefficient (Wildman–Crippen LogP) is 2.17. The number of aromatic nitrogens is 3. The summed E-state index contributed by atoms with van der Waals surface area (Å²) in [5.74, 6) is 1.19. The van der Waals surface area contributed by atoms with Crippen molar-refractivity contribution in [1.82, 2.24) is 15.0 Å². The fourth-order valence-corrected chi connectivity index (χ4v) is 1.59. The van der Waals surface area contributed by atoms with E-state index in [0.29, 0.717) is 18.2 Å². The van der Waals surface area contributed by atoms with Gasteiger partial charge in [-0.3, -0.25) is 0 Å². The molecule has 2 N–H and O–H groups in total. The summed E-state index contributed by atoms with van der Waals surface area (Å²) in [6, 6.07) is 7.43. The van der Waals surface area contributed by atoms with Gasteiger partial charge in [-0.05, 0) is 30.7 Å². The van der Waals surface area contributed by atoms with Gasteiger partial charge in [-0.25, -0.2) is 0 Å². The normalized spacial score (nSPS) is 10.2. The Balaban J connectivity index is 2.51. The van der Waals surface area contributed by atoms with Crippen molar-refractivity contribution in [3.8, 4) is 17.1 Å². The Morgan fingerprint density at radius 2 is 2.00 bits per heavy atom. The Morgan fingerprint density at radius 3 is 2.71 bits per heavy atom. The van der Waals surface area contributed by atoms with Gasteiger partial charge in [0.1, 0.15) is 5.75 Å². The van der Waals surface area contributed by atoms with Crippen molar-refractivity contribution < 1.29 is 4.74 Å². The molecule has 1 aromatic carbocycles. The van der Waals surface area contributed by atoms with Crippen LogP contribution < -0.4 is 10.5 Å². The van der Waals surface area contributed by atoms with Gasteiger partial charge in [0.25, 0.3) is 0 Å². The first kappa shape index (κ1) is 11.6. The first-order valence-corrected chi connectivity index (χ1v) is 5.47. The number of hydrogen-bond donors (Lipinski definition) is 1. The molecule has 0 aliphatic carbocycles. The number of halogens is 1. The minimum Gasteiger partial charge on any atom is -0.493 e. The number of para-hydroxylation sites is 1. The molecule has 0 spiro atoms. The summed E-state index contributed by atoms with van der Waals surface area (Å²) in [6.07, 6.45) is 0. The smallest absolute Gasteiger partial charge is 0.227 e. The average molecular weight is 251 g/mol. The van der Waals surface area contributed by atoms with Gasteiger partial charge in [0.05, 0.1) is 12.2 Å². The number of hydrogen-bond acceptors (Lipinski definition) is 5. The summed E-state index contributed by atoms with van der Waals surface area (Å²) in [6.45, 7) is 2.47. The number of rotatable bonds is 3. The van der Waals surface area contributed by atoms with Gasteiger partial charge in [-0.15, -0.1) is 0 Å². The van der Waals surface area contributed by atoms with Crippen LogP contribution in [-0.2, 0) is 0 Å². The molecule has 88 valence electrons. The molecule has 1 aromatic heterocycles. The highest BCUT2D eigenvalue weighted by molar-refractivity contribution is 6.28. The van der Waals surface area contributed by atoms with E-state index in [4.69, 9.17) is 22.1 Å². The average Bonchev–Trinajstić information content (AvgIpc) is 2.29. The standard InChI is InChI=1S/C11H11ClN4O/c1-2-17-8-6-4-3-5-7(8)9-14-10(12)16-11(13)15-9/h3-6H,2H2,1H3,(H2,13,14,15,16). The van der Waals surface area contributed by atoms with Crippen LogP contribution in [0.1, 0.15) is 6.92 Å². The predicted molar refractivity (Wildman–Crippen MR) is 65.9 cm³/mol. The summed E-state index contributed by atoms with van der Waals surface area (Å²) in [4.78, 5) is 11.8. The number of ether oxygens (including phenoxy) is 1. The second kappa shape index (κ2) is 4.97. The lowest BCUT2D eigenvalue weighted by Crippen LogP contribution is -2.01. The Bertz CT molecular complexity index is 512. The van der Waals surface area contributed by atoms with Gasteiger partial charge in [0.2, 0.25) is 11.2 Å². The van der Waals surface area contributed by atoms with Crippen molar-refractivity contribution in [1.29, 1.82) is 0 Å². The van der Waals surface area contributed by atoms with Crippen LogP contribution in [0.4, 0.5) is 5.95 Å². The lowest BCUT2D eigenvalue weighted by Gasteiger charge is -2.08. The first-order chi connectivity index (χ1) is 8.20. The SMILES string of the molecule is CCOc1ccccc1-c1nc(N)nc(Cl)n1. The van der Waals surface area contributed by atoms with Crippen LogP contribution in [0.25, 0.3) is 11.4 Å². The molecule has 17 heavy (non-hydrogen) atoms. The van der Waals surface area contributed by atoms with Gasteiger partial charge in [-0.2, -0.15) is 15.0 Å². The van der Waals surface area contributed by atoms with Gasteiger partial charge in [0, 0.05) is 0 Å². The molecule has 0 atom stereocenters. The topological polar surface area (TPSA) is 73.9 Å². The summed E-state index contributed by atoms with van der Waals surface area (Å²) in [7, 11) is 0. The highest BCUT2D eigenvalue weighted by atomic mass is 35.5. The molecule has 1 heterocycles. The Labute approximate surface area is 104 Å². The molecular formula is C11H11ClN4O. The number of anilines is 1. The molecule has 0 bridgehead atoms. The van der Waals surface area contributed by atoms with Crippen LogP contribution >= 0.6 is 11.6 Å². The van der Waals surface area contributed by atoms with E-state index in [1.54, 1.807) is 0 Å². The van der Waals surface area contributed by atoms with Crippen LogP contribution in [0.3, 0.4) is 0 Å². The van der Waals surface area contributed by atoms with Crippen molar-refractivity contribution in [3.05, 3.63) is 29.5 Å². The molecule has 5 nitrogen and oxygen atoms in total. The number of benzene rings is 1. The zero-order valence-electron chi connectivity index (χ0n) is 9.22. The van der Waals surface area contributed by atoms with Crippen LogP contribution in [0.15, 0.2) is 24.3 Å². The summed E-state index contributed by atoms with van der Waals surface area (Å²) < 4.78 is 5.49. The quantitative estimate of drug-likeness (QED) is 0.904. The molecule has 0 aliphatic heterocycles. The number of nitrogens with zero attached hydrogens (tertiary/aromatic N) is 3. The molecule has 0 fully saturated rings. The maximum Gasteiger partial charge on any atom is 0.227 e. The molecule has 2 rings (SSSR count). The van der Waals surface area contributed by atoms with Crippen molar-refractivity contribution >= 4 is 17.5 Å². The Kier molecular flexibility index (Phi) is 3.39. The highest BCUT2D eigenvalue weighted by Crippen LogP contribution is 2.27. The molecule has 0 radical (unpaired) electrons. The number of nitrogens with two attached hydrogens (primary N) is 1. The van der Waals surface area contributed by atoms with Crippen LogP contribution in [0, 0.1) is 0 Å². The minimum atomic E-state index is 0.0683. The lowest BCUT2D eigenvalue weighted by atomic mass is 10.2. The maximum atomic E-state index is 5.75. The zero-order chi connectivity index (χ0) is 12.3. The molecule has 0 saturated carbocycles. The summed E-state index contributed by atoms with van der Waals surface area (Å²) >= 11 is 5.75. The second-order valence-electron chi connectivity index (χ2n) is 3.22. The van der Waals surface area contributed by atoms with Crippen molar-refractivity contribution in [3.63, 3.8) is 0 Å². The Hall–Kier alpha value is -1.88. The van der Waals surface area contributed by atoms with Gasteiger partial charge >= 0.3 is 0 Å². The molecule has 2 aromatic rings. The maximum absolute atomic E-state index is 5.75. The van der Waals surface area contributed by atoms with Crippen molar-refractivity contribution in [2.45, 2.75) is 6.92 Å². The fourth-order valence-electron chi connectivity index (χ4n) is 1.42. The van der Waals surface area contributed by atoms with E-state index >= 15 is 0 Å². The zero-order valence-corrected chi connectivity index (χ0v) is 9.98. The molecule has 0 amide bonds. The fraction of sp³-hybridized carbons (Fsp3) is 0.182. The van der Waals surface area contributed by atoms with Crippen LogP contribution in [-0.4, -0.2) is 21.6 Å². The molecule has 0 unspecified atom stereocenters. The highest BCUT2D eigenvalue weighted by Gasteiger charge is 2.10. The van der Waals surface area contributed by atoms with Gasteiger partial charge < -0.3 is 10.5 Å². The Morgan fingerprint density at radius 1 is 1.24 bits per heavy atom. The van der Waals surface area contributed by atoms with E-state index in [9.17, 15) is 0 Å². The van der Waals surface area contributed by atoms with E-state index in [0.717, 1.165) is 5.56 Å². The largest absolute Gasteiger partial charge is 0.493 e. The number of nitrogen functional groups attached to an aromatic ring is 1. The monoisotopic (exact) mass is 250 g/mol. The molecule has 0 aliphatic rings. The molecule has 6 heteroatoms. The summed E-state index contributed by atoms with van der Waals surface area (Å²) in [5, 5.41) is 0.0683. The molecule has 0 saturated heterocycles. The first-order valence-electron chi connectivity index (χ1n) is 5.10. The van der Waals surface area contributed by atoms with E-state index < -0.39 is 0 Å². The van der Waals surface area contributed by atoms with E-state index in [1.165, 1.54) is 0 Å². The summed E-state index contributed by atoms with van der Waals surface area (Å²) in [5.41, 5.74) is 6.27. The molecular weight excluding hydrogens is 240 g/mol. The third kappa shape index (κ3) is 2.62. The van der Waals surface area contributed by atoms with Crippen LogP contribution in [0.5, 0.6) is 5.75 Å². The van der Waals surface area contributed by atoms with E-state index in [2.05, 4.69) is 15.0 Å². The third-order valence-electron chi connectivity index (χ3n) is 2.05. The lowest BCUT2D eigenvalue weighted by molar-refractivity contribution is 0.341. The van der Waals surface area contributed by atoms with E-state index in [-0.39, 0.29) is 11.2 Å².